The molecule has 0 fully saturated rings. The molecular formula is C18H23ClN6. The maximum atomic E-state index is 6.06. The third-order valence-corrected chi connectivity index (χ3v) is 4.42. The SMILES string of the molecule is CN=C(NCCn1cnc2ccccc21)N(C)Cc1cc(Cl)cn1C. The number of benzene rings is 1. The summed E-state index contributed by atoms with van der Waals surface area (Å²) < 4.78 is 4.18. The average Bonchev–Trinajstić information content (AvgIpc) is 3.14. The second kappa shape index (κ2) is 7.61. The summed E-state index contributed by atoms with van der Waals surface area (Å²) in [6.45, 7) is 2.32. The number of guanidine groups is 1. The molecule has 0 saturated carbocycles. The maximum Gasteiger partial charge on any atom is 0.193 e. The molecule has 1 N–H and O–H groups in total. The van der Waals surface area contributed by atoms with Crippen LogP contribution in [0.1, 0.15) is 5.69 Å². The molecule has 0 radical (unpaired) electrons. The Bertz CT molecular complexity index is 879. The van der Waals surface area contributed by atoms with Crippen LogP contribution in [0.2, 0.25) is 5.02 Å². The number of halogens is 1. The van der Waals surface area contributed by atoms with Crippen LogP contribution in [0.4, 0.5) is 0 Å². The summed E-state index contributed by atoms with van der Waals surface area (Å²) in [7, 11) is 5.81. The van der Waals surface area contributed by atoms with Crippen molar-refractivity contribution in [1.29, 1.82) is 0 Å². The molecule has 0 aliphatic carbocycles. The summed E-state index contributed by atoms with van der Waals surface area (Å²) in [6, 6.07) is 10.1. The lowest BCUT2D eigenvalue weighted by molar-refractivity contribution is 0.459. The molecule has 6 nitrogen and oxygen atoms in total. The van der Waals surface area contributed by atoms with E-state index in [9.17, 15) is 0 Å². The summed E-state index contributed by atoms with van der Waals surface area (Å²) in [5, 5.41) is 4.15. The van der Waals surface area contributed by atoms with Gasteiger partial charge in [-0.15, -0.1) is 0 Å². The highest BCUT2D eigenvalue weighted by atomic mass is 35.5. The van der Waals surface area contributed by atoms with Crippen molar-refractivity contribution in [1.82, 2.24) is 24.3 Å². The van der Waals surface area contributed by atoms with Gasteiger partial charge in [0.15, 0.2) is 5.96 Å². The van der Waals surface area contributed by atoms with Gasteiger partial charge in [0.2, 0.25) is 0 Å². The van der Waals surface area contributed by atoms with E-state index in [0.717, 1.165) is 47.3 Å². The Balaban J connectivity index is 1.58. The van der Waals surface area contributed by atoms with E-state index in [1.54, 1.807) is 7.05 Å². The van der Waals surface area contributed by atoms with Crippen LogP contribution in [0.5, 0.6) is 0 Å². The van der Waals surface area contributed by atoms with Crippen molar-refractivity contribution in [2.75, 3.05) is 20.6 Å². The fraction of sp³-hybridized carbons (Fsp3) is 0.333. The molecule has 25 heavy (non-hydrogen) atoms. The minimum absolute atomic E-state index is 0.733. The molecule has 1 aromatic carbocycles. The minimum atomic E-state index is 0.733. The van der Waals surface area contributed by atoms with Gasteiger partial charge in [0.05, 0.1) is 28.9 Å². The number of hydrogen-bond donors (Lipinski definition) is 1. The van der Waals surface area contributed by atoms with E-state index in [0.29, 0.717) is 0 Å². The monoisotopic (exact) mass is 358 g/mol. The molecule has 0 saturated heterocycles. The van der Waals surface area contributed by atoms with E-state index in [4.69, 9.17) is 11.6 Å². The van der Waals surface area contributed by atoms with Crippen LogP contribution in [0.15, 0.2) is 47.8 Å². The molecule has 0 amide bonds. The zero-order valence-corrected chi connectivity index (χ0v) is 15.5. The first-order valence-electron chi connectivity index (χ1n) is 8.21. The average molecular weight is 359 g/mol. The zero-order valence-electron chi connectivity index (χ0n) is 14.8. The number of aryl methyl sites for hydroxylation is 1. The number of nitrogens with zero attached hydrogens (tertiary/aromatic N) is 5. The molecule has 0 atom stereocenters. The first kappa shape index (κ1) is 17.4. The number of hydrogen-bond acceptors (Lipinski definition) is 2. The van der Waals surface area contributed by atoms with E-state index in [2.05, 4.69) is 30.8 Å². The van der Waals surface area contributed by atoms with Gasteiger partial charge >= 0.3 is 0 Å². The van der Waals surface area contributed by atoms with Gasteiger partial charge in [-0.2, -0.15) is 0 Å². The Kier molecular flexibility index (Phi) is 5.28. The number of para-hydroxylation sites is 2. The predicted molar refractivity (Wildman–Crippen MR) is 103 cm³/mol. The molecule has 0 aliphatic heterocycles. The third-order valence-electron chi connectivity index (χ3n) is 4.21. The van der Waals surface area contributed by atoms with Gasteiger partial charge in [-0.1, -0.05) is 23.7 Å². The quantitative estimate of drug-likeness (QED) is 0.563. The fourth-order valence-corrected chi connectivity index (χ4v) is 3.17. The first-order chi connectivity index (χ1) is 12.1. The number of nitrogens with one attached hydrogen (secondary N) is 1. The topological polar surface area (TPSA) is 50.4 Å². The van der Waals surface area contributed by atoms with Crippen LogP contribution in [-0.2, 0) is 20.1 Å². The summed E-state index contributed by atoms with van der Waals surface area (Å²) in [5.74, 6) is 0.849. The normalized spacial score (nSPS) is 11.9. The molecule has 3 rings (SSSR count). The lowest BCUT2D eigenvalue weighted by Crippen LogP contribution is -2.40. The van der Waals surface area contributed by atoms with Crippen molar-refractivity contribution in [3.63, 3.8) is 0 Å². The third kappa shape index (κ3) is 3.96. The summed E-state index contributed by atoms with van der Waals surface area (Å²) in [5.41, 5.74) is 3.30. The summed E-state index contributed by atoms with van der Waals surface area (Å²) >= 11 is 6.06. The number of aromatic nitrogens is 3. The molecular weight excluding hydrogens is 336 g/mol. The van der Waals surface area contributed by atoms with Crippen LogP contribution in [0, 0.1) is 0 Å². The first-order valence-corrected chi connectivity index (χ1v) is 8.58. The zero-order chi connectivity index (χ0) is 17.8. The van der Waals surface area contributed by atoms with Crippen molar-refractivity contribution >= 4 is 28.6 Å². The number of aliphatic imine (C=N–C) groups is 1. The van der Waals surface area contributed by atoms with Crippen LogP contribution in [-0.4, -0.2) is 45.6 Å². The van der Waals surface area contributed by atoms with Crippen LogP contribution < -0.4 is 5.32 Å². The Morgan fingerprint density at radius 2 is 2.16 bits per heavy atom. The molecule has 7 heteroatoms. The Labute approximate surface area is 152 Å². The number of imidazole rings is 1. The Morgan fingerprint density at radius 3 is 2.88 bits per heavy atom. The standard InChI is InChI=1S/C18H23ClN6/c1-20-18(24(3)12-15-10-14(19)11-23(15)2)21-8-9-25-13-22-16-6-4-5-7-17(16)25/h4-7,10-11,13H,8-9,12H2,1-3H3,(H,20,21). The van der Waals surface area contributed by atoms with Gasteiger partial charge in [0, 0.05) is 46.1 Å². The molecule has 2 heterocycles. The Hall–Kier alpha value is -2.47. The van der Waals surface area contributed by atoms with Crippen LogP contribution in [0.3, 0.4) is 0 Å². The van der Waals surface area contributed by atoms with Gasteiger partial charge < -0.3 is 19.4 Å². The van der Waals surface area contributed by atoms with Gasteiger partial charge in [0.1, 0.15) is 0 Å². The lowest BCUT2D eigenvalue weighted by Gasteiger charge is -2.22. The van der Waals surface area contributed by atoms with Crippen molar-refractivity contribution < 1.29 is 0 Å². The molecule has 0 bridgehead atoms. The highest BCUT2D eigenvalue weighted by Gasteiger charge is 2.10. The highest BCUT2D eigenvalue weighted by molar-refractivity contribution is 6.30. The van der Waals surface area contributed by atoms with Gasteiger partial charge in [-0.3, -0.25) is 4.99 Å². The van der Waals surface area contributed by atoms with Gasteiger partial charge in [0.25, 0.3) is 0 Å². The maximum absolute atomic E-state index is 6.06. The second-order valence-corrected chi connectivity index (χ2v) is 6.45. The molecule has 0 spiro atoms. The molecule has 3 aromatic rings. The smallest absolute Gasteiger partial charge is 0.193 e. The van der Waals surface area contributed by atoms with E-state index >= 15 is 0 Å². The summed E-state index contributed by atoms with van der Waals surface area (Å²) in [6.07, 6.45) is 3.79. The van der Waals surface area contributed by atoms with E-state index in [-0.39, 0.29) is 0 Å². The second-order valence-electron chi connectivity index (χ2n) is 6.02. The molecule has 132 valence electrons. The van der Waals surface area contributed by atoms with E-state index < -0.39 is 0 Å². The van der Waals surface area contributed by atoms with Crippen molar-refractivity contribution in [3.05, 3.63) is 53.6 Å². The molecule has 0 unspecified atom stereocenters. The van der Waals surface area contributed by atoms with Crippen molar-refractivity contribution in [2.45, 2.75) is 13.1 Å². The van der Waals surface area contributed by atoms with Crippen molar-refractivity contribution in [3.8, 4) is 0 Å². The summed E-state index contributed by atoms with van der Waals surface area (Å²) in [4.78, 5) is 10.9. The van der Waals surface area contributed by atoms with E-state index in [1.165, 1.54) is 0 Å². The number of fused-ring (bicyclic) bond motifs is 1. The van der Waals surface area contributed by atoms with Crippen LogP contribution in [0.25, 0.3) is 11.0 Å². The lowest BCUT2D eigenvalue weighted by atomic mass is 10.3. The van der Waals surface area contributed by atoms with Crippen molar-refractivity contribution in [2.24, 2.45) is 12.0 Å². The molecule has 0 aliphatic rings. The minimum Gasteiger partial charge on any atom is -0.354 e. The highest BCUT2D eigenvalue weighted by Crippen LogP contribution is 2.14. The van der Waals surface area contributed by atoms with E-state index in [1.807, 2.05) is 55.5 Å². The molecule has 2 aromatic heterocycles. The predicted octanol–water partition coefficient (Wildman–Crippen LogP) is 2.74. The van der Waals surface area contributed by atoms with Gasteiger partial charge in [-0.05, 0) is 18.2 Å². The number of rotatable bonds is 5. The van der Waals surface area contributed by atoms with Gasteiger partial charge in [-0.25, -0.2) is 4.98 Å². The largest absolute Gasteiger partial charge is 0.354 e. The fourth-order valence-electron chi connectivity index (χ4n) is 2.90. The Morgan fingerprint density at radius 1 is 1.36 bits per heavy atom. The van der Waals surface area contributed by atoms with Crippen LogP contribution >= 0.6 is 11.6 Å².